The van der Waals surface area contributed by atoms with E-state index in [0.29, 0.717) is 6.04 Å². The molecule has 24 heavy (non-hydrogen) atoms. The first-order valence-corrected chi connectivity index (χ1v) is 9.51. The Morgan fingerprint density at radius 2 is 1.83 bits per heavy atom. The van der Waals surface area contributed by atoms with E-state index in [2.05, 4.69) is 54.0 Å². The number of anilines is 1. The molecule has 2 aliphatic heterocycles. The van der Waals surface area contributed by atoms with Gasteiger partial charge in [-0.3, -0.25) is 0 Å². The average molecular weight is 320 g/mol. The van der Waals surface area contributed by atoms with Crippen LogP contribution in [0.4, 0.5) is 5.69 Å². The third-order valence-electron chi connectivity index (χ3n) is 5.64. The van der Waals surface area contributed by atoms with Crippen molar-refractivity contribution >= 4 is 5.69 Å². The summed E-state index contributed by atoms with van der Waals surface area (Å²) < 4.78 is 0. The van der Waals surface area contributed by atoms with Crippen molar-refractivity contribution in [3.8, 4) is 0 Å². The molecule has 4 rings (SSSR count). The molecule has 2 heterocycles. The average Bonchev–Trinajstić information content (AvgIpc) is 2.65. The molecular formula is C22H28N2. The van der Waals surface area contributed by atoms with Gasteiger partial charge in [-0.1, -0.05) is 37.3 Å². The molecule has 2 aromatic carbocycles. The molecule has 0 spiro atoms. The molecule has 1 unspecified atom stereocenters. The molecule has 126 valence electrons. The lowest BCUT2D eigenvalue weighted by Crippen LogP contribution is -2.26. The van der Waals surface area contributed by atoms with Crippen molar-refractivity contribution in [1.29, 1.82) is 0 Å². The van der Waals surface area contributed by atoms with Crippen molar-refractivity contribution in [2.45, 2.75) is 58.0 Å². The number of aryl methyl sites for hydroxylation is 3. The van der Waals surface area contributed by atoms with Crippen LogP contribution in [0.5, 0.6) is 0 Å². The fourth-order valence-electron chi connectivity index (χ4n) is 4.06. The van der Waals surface area contributed by atoms with Gasteiger partial charge in [0.15, 0.2) is 0 Å². The highest BCUT2D eigenvalue weighted by Crippen LogP contribution is 2.28. The van der Waals surface area contributed by atoms with Gasteiger partial charge in [0.25, 0.3) is 0 Å². The van der Waals surface area contributed by atoms with Crippen LogP contribution in [0.25, 0.3) is 0 Å². The Morgan fingerprint density at radius 3 is 2.75 bits per heavy atom. The quantitative estimate of drug-likeness (QED) is 0.880. The zero-order chi connectivity index (χ0) is 16.4. The molecule has 2 aromatic rings. The van der Waals surface area contributed by atoms with Gasteiger partial charge >= 0.3 is 0 Å². The first-order chi connectivity index (χ1) is 11.8. The molecule has 0 saturated carbocycles. The monoisotopic (exact) mass is 320 g/mol. The Labute approximate surface area is 145 Å². The Bertz CT molecular complexity index is 720. The van der Waals surface area contributed by atoms with E-state index < -0.39 is 0 Å². The molecule has 0 amide bonds. The normalized spacial score (nSPS) is 19.3. The first kappa shape index (κ1) is 15.7. The largest absolute Gasteiger partial charge is 0.382 e. The second kappa shape index (κ2) is 6.98. The van der Waals surface area contributed by atoms with E-state index in [0.717, 1.165) is 19.5 Å². The van der Waals surface area contributed by atoms with E-state index in [-0.39, 0.29) is 0 Å². The summed E-state index contributed by atoms with van der Waals surface area (Å²) >= 11 is 0. The van der Waals surface area contributed by atoms with Gasteiger partial charge in [0.2, 0.25) is 0 Å². The van der Waals surface area contributed by atoms with Gasteiger partial charge in [0.1, 0.15) is 0 Å². The minimum absolute atomic E-state index is 0.610. The maximum absolute atomic E-state index is 3.79. The van der Waals surface area contributed by atoms with Gasteiger partial charge in [0.05, 0.1) is 0 Å². The summed E-state index contributed by atoms with van der Waals surface area (Å²) in [5, 5.41) is 7.27. The molecule has 2 N–H and O–H groups in total. The SMILES string of the molecule is CCc1ccc2c(c1)NC(CCc1ccc3c(c1)CNCC3)CC2. The van der Waals surface area contributed by atoms with Crippen LogP contribution in [0.15, 0.2) is 36.4 Å². The van der Waals surface area contributed by atoms with Crippen LogP contribution in [0.2, 0.25) is 0 Å². The lowest BCUT2D eigenvalue weighted by Gasteiger charge is -2.28. The molecule has 0 saturated heterocycles. The molecule has 0 aliphatic carbocycles. The molecule has 0 aromatic heterocycles. The molecular weight excluding hydrogens is 292 g/mol. The maximum atomic E-state index is 3.79. The minimum Gasteiger partial charge on any atom is -0.382 e. The summed E-state index contributed by atoms with van der Waals surface area (Å²) in [5.74, 6) is 0. The van der Waals surface area contributed by atoms with Crippen molar-refractivity contribution in [1.82, 2.24) is 5.32 Å². The van der Waals surface area contributed by atoms with Crippen LogP contribution in [-0.4, -0.2) is 12.6 Å². The highest BCUT2D eigenvalue weighted by molar-refractivity contribution is 5.55. The predicted molar refractivity (Wildman–Crippen MR) is 102 cm³/mol. The summed E-state index contributed by atoms with van der Waals surface area (Å²) in [7, 11) is 0. The highest BCUT2D eigenvalue weighted by Gasteiger charge is 2.18. The summed E-state index contributed by atoms with van der Waals surface area (Å²) in [5.41, 5.74) is 8.84. The van der Waals surface area contributed by atoms with Gasteiger partial charge in [0, 0.05) is 18.3 Å². The summed E-state index contributed by atoms with van der Waals surface area (Å²) in [6.07, 6.45) is 7.16. The van der Waals surface area contributed by atoms with Crippen molar-refractivity contribution < 1.29 is 0 Å². The molecule has 0 bridgehead atoms. The van der Waals surface area contributed by atoms with Crippen molar-refractivity contribution in [3.63, 3.8) is 0 Å². The molecule has 2 heteroatoms. The Morgan fingerprint density at radius 1 is 0.958 bits per heavy atom. The van der Waals surface area contributed by atoms with Crippen LogP contribution in [-0.2, 0) is 32.2 Å². The topological polar surface area (TPSA) is 24.1 Å². The van der Waals surface area contributed by atoms with Crippen LogP contribution in [0.3, 0.4) is 0 Å². The zero-order valence-electron chi connectivity index (χ0n) is 14.7. The second-order valence-electron chi connectivity index (χ2n) is 7.29. The number of nitrogens with one attached hydrogen (secondary N) is 2. The fraction of sp³-hybridized carbons (Fsp3) is 0.455. The van der Waals surface area contributed by atoms with Gasteiger partial charge in [-0.25, -0.2) is 0 Å². The van der Waals surface area contributed by atoms with Crippen LogP contribution >= 0.6 is 0 Å². The molecule has 2 aliphatic rings. The second-order valence-corrected chi connectivity index (χ2v) is 7.29. The third-order valence-corrected chi connectivity index (χ3v) is 5.64. The van der Waals surface area contributed by atoms with Gasteiger partial charge in [-0.05, 0) is 79.0 Å². The van der Waals surface area contributed by atoms with Crippen LogP contribution in [0, 0.1) is 0 Å². The number of fused-ring (bicyclic) bond motifs is 2. The molecule has 1 atom stereocenters. The third kappa shape index (κ3) is 3.34. The summed E-state index contributed by atoms with van der Waals surface area (Å²) in [6.45, 7) is 4.39. The number of rotatable bonds is 4. The Hall–Kier alpha value is -1.80. The molecule has 2 nitrogen and oxygen atoms in total. The van der Waals surface area contributed by atoms with Gasteiger partial charge in [-0.2, -0.15) is 0 Å². The predicted octanol–water partition coefficient (Wildman–Crippen LogP) is 4.25. The van der Waals surface area contributed by atoms with Gasteiger partial charge in [-0.15, -0.1) is 0 Å². The smallest absolute Gasteiger partial charge is 0.0377 e. The summed E-state index contributed by atoms with van der Waals surface area (Å²) in [6, 6.07) is 14.7. The first-order valence-electron chi connectivity index (χ1n) is 9.51. The van der Waals surface area contributed by atoms with E-state index in [9.17, 15) is 0 Å². The summed E-state index contributed by atoms with van der Waals surface area (Å²) in [4.78, 5) is 0. The maximum Gasteiger partial charge on any atom is 0.0377 e. The van der Waals surface area contributed by atoms with Crippen molar-refractivity contribution in [2.24, 2.45) is 0 Å². The van der Waals surface area contributed by atoms with E-state index in [1.54, 1.807) is 0 Å². The van der Waals surface area contributed by atoms with E-state index in [1.807, 2.05) is 0 Å². The van der Waals surface area contributed by atoms with E-state index >= 15 is 0 Å². The fourth-order valence-corrected chi connectivity index (χ4v) is 4.06. The Kier molecular flexibility index (Phi) is 4.57. The molecule has 0 radical (unpaired) electrons. The zero-order valence-corrected chi connectivity index (χ0v) is 14.7. The van der Waals surface area contributed by atoms with E-state index in [1.165, 1.54) is 65.6 Å². The number of hydrogen-bond acceptors (Lipinski definition) is 2. The lowest BCUT2D eigenvalue weighted by atomic mass is 9.91. The number of benzene rings is 2. The van der Waals surface area contributed by atoms with Crippen molar-refractivity contribution in [2.75, 3.05) is 11.9 Å². The molecule has 0 fully saturated rings. The van der Waals surface area contributed by atoms with E-state index in [4.69, 9.17) is 0 Å². The standard InChI is InChI=1S/C22H28N2/c1-2-16-3-7-19-8-10-21(24-22(19)14-16)9-5-17-4-6-18-11-12-23-15-20(18)13-17/h3-4,6-7,13-14,21,23-24H,2,5,8-12,15H2,1H3. The van der Waals surface area contributed by atoms with Gasteiger partial charge < -0.3 is 10.6 Å². The Balaban J connectivity index is 1.39. The van der Waals surface area contributed by atoms with Crippen LogP contribution in [0.1, 0.15) is 47.6 Å². The van der Waals surface area contributed by atoms with Crippen molar-refractivity contribution in [3.05, 3.63) is 64.2 Å². The van der Waals surface area contributed by atoms with Crippen LogP contribution < -0.4 is 10.6 Å². The minimum atomic E-state index is 0.610. The lowest BCUT2D eigenvalue weighted by molar-refractivity contribution is 0.585. The highest BCUT2D eigenvalue weighted by atomic mass is 14.9. The number of hydrogen-bond donors (Lipinski definition) is 2.